The van der Waals surface area contributed by atoms with E-state index in [0.29, 0.717) is 0 Å². The molecule has 0 aromatic heterocycles. The van der Waals surface area contributed by atoms with Gasteiger partial charge in [-0.3, -0.25) is 0 Å². The number of hydrogen-bond donors (Lipinski definition) is 1. The van der Waals surface area contributed by atoms with Gasteiger partial charge >= 0.3 is 11.9 Å². The zero-order valence-electron chi connectivity index (χ0n) is 5.20. The maximum Gasteiger partial charge on any atom is 0.394 e. The lowest BCUT2D eigenvalue weighted by molar-refractivity contribution is -0.131. The van der Waals surface area contributed by atoms with Gasteiger partial charge in [-0.05, 0) is 5.16 Å². The number of aliphatic carboxylic acids is 1. The number of oxime groups is 1. The third-order valence-electron chi connectivity index (χ3n) is 0.573. The lowest BCUT2D eigenvalue weighted by atomic mass is 10.7. The number of halogens is 1. The third kappa shape index (κ3) is 2.85. The molecule has 0 aliphatic carbocycles. The van der Waals surface area contributed by atoms with Crippen LogP contribution >= 0.6 is 0 Å². The molecule has 0 saturated carbocycles. The standard InChI is InChI=1S/C4H6FNO4/c1-9-3(4(7)8)6-10-2-5/h2H2,1H3,(H,7,8). The Morgan fingerprint density at radius 1 is 1.80 bits per heavy atom. The Morgan fingerprint density at radius 2 is 2.40 bits per heavy atom. The van der Waals surface area contributed by atoms with Crippen molar-refractivity contribution in [1.29, 1.82) is 0 Å². The second kappa shape index (κ2) is 4.54. The Kier molecular flexibility index (Phi) is 3.94. The summed E-state index contributed by atoms with van der Waals surface area (Å²) in [5.74, 6) is -2.09. The molecule has 5 nitrogen and oxygen atoms in total. The first-order chi connectivity index (χ1) is 4.72. The normalized spacial score (nSPS) is 10.8. The molecule has 0 fully saturated rings. The van der Waals surface area contributed by atoms with Crippen molar-refractivity contribution in [3.8, 4) is 0 Å². The summed E-state index contributed by atoms with van der Waals surface area (Å²) in [4.78, 5) is 13.7. The summed E-state index contributed by atoms with van der Waals surface area (Å²) in [5, 5.41) is 10.9. The first kappa shape index (κ1) is 8.67. The van der Waals surface area contributed by atoms with Gasteiger partial charge < -0.3 is 14.7 Å². The van der Waals surface area contributed by atoms with Crippen molar-refractivity contribution in [1.82, 2.24) is 0 Å². The molecule has 0 aliphatic rings. The maximum atomic E-state index is 11.2. The predicted molar refractivity (Wildman–Crippen MR) is 29.1 cm³/mol. The molecule has 0 aromatic carbocycles. The summed E-state index contributed by atoms with van der Waals surface area (Å²) in [6.45, 7) is -1.18. The van der Waals surface area contributed by atoms with Crippen LogP contribution in [0.15, 0.2) is 5.16 Å². The highest BCUT2D eigenvalue weighted by Gasteiger charge is 2.08. The Balaban J connectivity index is 3.91. The van der Waals surface area contributed by atoms with Gasteiger partial charge in [0.05, 0.1) is 7.11 Å². The lowest BCUT2D eigenvalue weighted by Gasteiger charge is -1.95. The molecule has 10 heavy (non-hydrogen) atoms. The summed E-state index contributed by atoms with van der Waals surface area (Å²) in [7, 11) is 1.09. The molecule has 6 heteroatoms. The van der Waals surface area contributed by atoms with Crippen LogP contribution in [0.2, 0.25) is 0 Å². The molecule has 0 aromatic rings. The Labute approximate surface area is 56.0 Å². The largest absolute Gasteiger partial charge is 0.474 e. The molecule has 0 radical (unpaired) electrons. The Bertz CT molecular complexity index is 146. The van der Waals surface area contributed by atoms with Gasteiger partial charge in [-0.2, -0.15) is 0 Å². The quantitative estimate of drug-likeness (QED) is 0.342. The van der Waals surface area contributed by atoms with E-state index in [1.165, 1.54) is 0 Å². The maximum absolute atomic E-state index is 11.2. The number of carboxylic acid groups (broad SMARTS) is 1. The molecular weight excluding hydrogens is 145 g/mol. The minimum absolute atomic E-state index is 0.683. The topological polar surface area (TPSA) is 68.1 Å². The Hall–Kier alpha value is -1.33. The van der Waals surface area contributed by atoms with Gasteiger partial charge in [0.25, 0.3) is 6.86 Å². The number of carbonyl (C=O) groups is 1. The minimum Gasteiger partial charge on any atom is -0.474 e. The summed E-state index contributed by atoms with van der Waals surface area (Å²) < 4.78 is 15.3. The SMILES string of the molecule is COC(=NOCF)C(=O)O. The summed E-state index contributed by atoms with van der Waals surface area (Å²) in [6.07, 6.45) is 0. The van der Waals surface area contributed by atoms with Gasteiger partial charge in [0.1, 0.15) is 0 Å². The van der Waals surface area contributed by atoms with Crippen molar-refractivity contribution in [2.45, 2.75) is 0 Å². The van der Waals surface area contributed by atoms with Crippen molar-refractivity contribution >= 4 is 11.9 Å². The average molecular weight is 151 g/mol. The smallest absolute Gasteiger partial charge is 0.394 e. The second-order valence-corrected chi connectivity index (χ2v) is 1.14. The van der Waals surface area contributed by atoms with E-state index in [0.717, 1.165) is 7.11 Å². The molecule has 0 unspecified atom stereocenters. The average Bonchev–Trinajstić information content (AvgIpc) is 1.89. The van der Waals surface area contributed by atoms with Gasteiger partial charge in [-0.25, -0.2) is 9.18 Å². The molecule has 0 spiro atoms. The molecule has 0 rings (SSSR count). The second-order valence-electron chi connectivity index (χ2n) is 1.14. The fraction of sp³-hybridized carbons (Fsp3) is 0.500. The summed E-state index contributed by atoms with van der Waals surface area (Å²) in [6, 6.07) is 0. The number of ether oxygens (including phenoxy) is 1. The first-order valence-corrected chi connectivity index (χ1v) is 2.25. The van der Waals surface area contributed by atoms with Gasteiger partial charge in [0.15, 0.2) is 0 Å². The van der Waals surface area contributed by atoms with E-state index in [1.807, 2.05) is 0 Å². The van der Waals surface area contributed by atoms with Crippen LogP contribution in [0.25, 0.3) is 0 Å². The number of carboxylic acids is 1. The molecule has 0 heterocycles. The molecule has 0 amide bonds. The van der Waals surface area contributed by atoms with Gasteiger partial charge in [-0.15, -0.1) is 0 Å². The minimum atomic E-state index is -1.41. The number of nitrogens with zero attached hydrogens (tertiary/aromatic N) is 1. The fourth-order valence-corrected chi connectivity index (χ4v) is 0.247. The van der Waals surface area contributed by atoms with Crippen LogP contribution in [0.1, 0.15) is 0 Å². The zero-order valence-corrected chi connectivity index (χ0v) is 5.20. The molecule has 0 aliphatic heterocycles. The van der Waals surface area contributed by atoms with E-state index in [-0.39, 0.29) is 0 Å². The Morgan fingerprint density at radius 3 is 2.70 bits per heavy atom. The van der Waals surface area contributed by atoms with E-state index in [4.69, 9.17) is 5.11 Å². The molecular formula is C4H6FNO4. The van der Waals surface area contributed by atoms with Crippen LogP contribution in [0, 0.1) is 0 Å². The van der Waals surface area contributed by atoms with Crippen molar-refractivity contribution in [3.63, 3.8) is 0 Å². The van der Waals surface area contributed by atoms with Crippen LogP contribution in [0.5, 0.6) is 0 Å². The predicted octanol–water partition coefficient (Wildman–Crippen LogP) is -0.0255. The van der Waals surface area contributed by atoms with E-state index in [2.05, 4.69) is 14.7 Å². The highest BCUT2D eigenvalue weighted by atomic mass is 19.1. The number of alkyl halides is 1. The van der Waals surface area contributed by atoms with Crippen LogP contribution in [-0.4, -0.2) is 30.9 Å². The van der Waals surface area contributed by atoms with E-state index < -0.39 is 18.7 Å². The fourth-order valence-electron chi connectivity index (χ4n) is 0.247. The van der Waals surface area contributed by atoms with Crippen LogP contribution in [0.4, 0.5) is 4.39 Å². The molecule has 0 bridgehead atoms. The number of rotatable bonds is 2. The highest BCUT2D eigenvalue weighted by Crippen LogP contribution is 1.83. The van der Waals surface area contributed by atoms with Crippen molar-refractivity contribution in [2.75, 3.05) is 14.0 Å². The van der Waals surface area contributed by atoms with Gasteiger partial charge in [-0.1, -0.05) is 0 Å². The van der Waals surface area contributed by atoms with E-state index >= 15 is 0 Å². The molecule has 0 atom stereocenters. The molecule has 1 N–H and O–H groups in total. The number of hydrogen-bond acceptors (Lipinski definition) is 4. The van der Waals surface area contributed by atoms with Crippen molar-refractivity contribution in [3.05, 3.63) is 0 Å². The van der Waals surface area contributed by atoms with Crippen molar-refractivity contribution in [2.24, 2.45) is 5.16 Å². The lowest BCUT2D eigenvalue weighted by Crippen LogP contribution is -2.15. The summed E-state index contributed by atoms with van der Waals surface area (Å²) in [5.41, 5.74) is 0. The zero-order chi connectivity index (χ0) is 7.98. The summed E-state index contributed by atoms with van der Waals surface area (Å²) >= 11 is 0. The molecule has 0 saturated heterocycles. The van der Waals surface area contributed by atoms with Gasteiger partial charge in [0, 0.05) is 0 Å². The van der Waals surface area contributed by atoms with E-state index in [1.54, 1.807) is 0 Å². The highest BCUT2D eigenvalue weighted by molar-refractivity contribution is 6.31. The van der Waals surface area contributed by atoms with Crippen molar-refractivity contribution < 1.29 is 23.9 Å². The first-order valence-electron chi connectivity index (χ1n) is 2.25. The number of methoxy groups -OCH3 is 1. The molecule has 58 valence electrons. The van der Waals surface area contributed by atoms with Gasteiger partial charge in [0.2, 0.25) is 0 Å². The van der Waals surface area contributed by atoms with Crippen LogP contribution in [-0.2, 0) is 14.4 Å². The monoisotopic (exact) mass is 151 g/mol. The van der Waals surface area contributed by atoms with Crippen LogP contribution < -0.4 is 0 Å². The van der Waals surface area contributed by atoms with E-state index in [9.17, 15) is 9.18 Å². The van der Waals surface area contributed by atoms with Crippen LogP contribution in [0.3, 0.4) is 0 Å². The third-order valence-corrected chi connectivity index (χ3v) is 0.573.